The third-order valence-corrected chi connectivity index (χ3v) is 1.88. The van der Waals surface area contributed by atoms with Crippen LogP contribution >= 0.6 is 7.60 Å². The van der Waals surface area contributed by atoms with E-state index in [2.05, 4.69) is 4.52 Å². The zero-order valence-electron chi connectivity index (χ0n) is 5.58. The molecule has 1 atom stereocenters. The van der Waals surface area contributed by atoms with Crippen LogP contribution in [0.4, 0.5) is 0 Å². The molecule has 0 bridgehead atoms. The predicted molar refractivity (Wildman–Crippen MR) is 25.3 cm³/mol. The number of carbonyl (C=O) groups is 1. The van der Waals surface area contributed by atoms with Gasteiger partial charge in [-0.15, -0.1) is 0 Å². The molecule has 0 radical (unpaired) electrons. The van der Waals surface area contributed by atoms with E-state index in [1.165, 1.54) is 0 Å². The van der Waals surface area contributed by atoms with E-state index in [9.17, 15) is 14.3 Å². The molecule has 0 aromatic carbocycles. The third-order valence-electron chi connectivity index (χ3n) is 0.626. The van der Waals surface area contributed by atoms with Crippen molar-refractivity contribution < 1.29 is 37.6 Å². The Hall–Kier alpha value is 0.417. The van der Waals surface area contributed by atoms with E-state index in [4.69, 9.17) is 0 Å². The fourth-order valence-electron chi connectivity index (χ4n) is 0.129. The van der Waals surface area contributed by atoms with Gasteiger partial charge >= 0.3 is 18.9 Å². The Balaban J connectivity index is 0. The molecular formula is C3H6LiO4P. The molecule has 0 rings (SSSR count). The molecule has 6 heteroatoms. The van der Waals surface area contributed by atoms with Gasteiger partial charge in [0.05, 0.1) is 0 Å². The molecule has 0 saturated carbocycles. The van der Waals surface area contributed by atoms with Crippen molar-refractivity contribution in [3.05, 3.63) is 0 Å². The van der Waals surface area contributed by atoms with Crippen LogP contribution in [-0.2, 0) is 13.9 Å². The minimum Gasteiger partial charge on any atom is -0.773 e. The van der Waals surface area contributed by atoms with Crippen LogP contribution in [0.2, 0.25) is 0 Å². The first-order valence-corrected chi connectivity index (χ1v) is 3.43. The van der Waals surface area contributed by atoms with Crippen molar-refractivity contribution in [1.82, 2.24) is 0 Å². The van der Waals surface area contributed by atoms with E-state index >= 15 is 0 Å². The van der Waals surface area contributed by atoms with Gasteiger partial charge in [-0.3, -0.25) is 4.79 Å². The van der Waals surface area contributed by atoms with Crippen molar-refractivity contribution in [1.29, 1.82) is 0 Å². The van der Waals surface area contributed by atoms with Gasteiger partial charge in [-0.1, -0.05) is 0 Å². The topological polar surface area (TPSA) is 66.4 Å². The average Bonchev–Trinajstić information content (AvgIpc) is 1.67. The molecular weight excluding hydrogens is 138 g/mol. The molecule has 0 aliphatic rings. The Kier molecular flexibility index (Phi) is 5.75. The van der Waals surface area contributed by atoms with Crippen LogP contribution in [0.3, 0.4) is 0 Å². The van der Waals surface area contributed by atoms with Crippen LogP contribution in [0.15, 0.2) is 0 Å². The molecule has 0 aromatic heterocycles. The van der Waals surface area contributed by atoms with Crippen molar-refractivity contribution >= 4 is 13.1 Å². The summed E-state index contributed by atoms with van der Waals surface area (Å²) in [6.07, 6.45) is 0. The molecule has 0 aliphatic heterocycles. The van der Waals surface area contributed by atoms with Gasteiger partial charge in [-0.25, -0.2) is 0 Å². The molecule has 0 fully saturated rings. The Morgan fingerprint density at radius 1 is 1.67 bits per heavy atom. The molecule has 4 nitrogen and oxygen atoms in total. The predicted octanol–water partition coefficient (Wildman–Crippen LogP) is -3.26. The van der Waals surface area contributed by atoms with Gasteiger partial charge in [0, 0.05) is 14.0 Å². The molecule has 1 unspecified atom stereocenters. The fourth-order valence-corrected chi connectivity index (χ4v) is 0.386. The summed E-state index contributed by atoms with van der Waals surface area (Å²) in [5.74, 6) is 0. The van der Waals surface area contributed by atoms with Gasteiger partial charge in [0.2, 0.25) is 5.52 Å². The van der Waals surface area contributed by atoms with E-state index in [-0.39, 0.29) is 18.9 Å². The largest absolute Gasteiger partial charge is 1.00 e. The van der Waals surface area contributed by atoms with Gasteiger partial charge in [0.25, 0.3) is 0 Å². The molecule has 0 amide bonds. The monoisotopic (exact) mass is 144 g/mol. The summed E-state index contributed by atoms with van der Waals surface area (Å²) in [5, 5.41) is 0. The molecule has 0 aromatic rings. The molecule has 0 N–H and O–H groups in total. The van der Waals surface area contributed by atoms with Crippen LogP contribution in [0.5, 0.6) is 0 Å². The molecule has 0 heterocycles. The smallest absolute Gasteiger partial charge is 0.773 e. The first-order valence-electron chi connectivity index (χ1n) is 1.88. The fraction of sp³-hybridized carbons (Fsp3) is 0.667. The van der Waals surface area contributed by atoms with Gasteiger partial charge in [-0.05, 0) is 0 Å². The summed E-state index contributed by atoms with van der Waals surface area (Å²) in [5.41, 5.74) is -0.944. The number of hydrogen-bond donors (Lipinski definition) is 0. The van der Waals surface area contributed by atoms with Gasteiger partial charge in [-0.2, -0.15) is 0 Å². The molecule has 9 heavy (non-hydrogen) atoms. The summed E-state index contributed by atoms with van der Waals surface area (Å²) in [4.78, 5) is 20.2. The van der Waals surface area contributed by atoms with E-state index in [1.54, 1.807) is 0 Å². The second-order valence-corrected chi connectivity index (χ2v) is 3.19. The van der Waals surface area contributed by atoms with Gasteiger partial charge in [0.15, 0.2) is 7.60 Å². The second-order valence-electron chi connectivity index (χ2n) is 1.20. The average molecular weight is 144 g/mol. The van der Waals surface area contributed by atoms with Crippen LogP contribution in [0.1, 0.15) is 6.92 Å². The zero-order chi connectivity index (χ0) is 6.78. The number of rotatable bonds is 2. The second kappa shape index (κ2) is 4.27. The summed E-state index contributed by atoms with van der Waals surface area (Å²) < 4.78 is 14.0. The maximum atomic E-state index is 10.2. The Morgan fingerprint density at radius 3 is 2.00 bits per heavy atom. The zero-order valence-corrected chi connectivity index (χ0v) is 6.47. The summed E-state index contributed by atoms with van der Waals surface area (Å²) in [6, 6.07) is 0. The maximum Gasteiger partial charge on any atom is 1.00 e. The van der Waals surface area contributed by atoms with E-state index in [0.29, 0.717) is 0 Å². The van der Waals surface area contributed by atoms with Gasteiger partial charge in [0.1, 0.15) is 0 Å². The van der Waals surface area contributed by atoms with E-state index in [0.717, 1.165) is 14.0 Å². The Labute approximate surface area is 65.3 Å². The Bertz CT molecular complexity index is 145. The van der Waals surface area contributed by atoms with Crippen LogP contribution in [0, 0.1) is 0 Å². The van der Waals surface area contributed by atoms with Crippen molar-refractivity contribution in [2.75, 3.05) is 7.11 Å². The molecule has 0 spiro atoms. The summed E-state index contributed by atoms with van der Waals surface area (Å²) in [6.45, 7) is 0.942. The van der Waals surface area contributed by atoms with Gasteiger partial charge < -0.3 is 14.0 Å². The maximum absolute atomic E-state index is 10.2. The summed E-state index contributed by atoms with van der Waals surface area (Å²) >= 11 is 0. The quantitative estimate of drug-likeness (QED) is 0.301. The van der Waals surface area contributed by atoms with Crippen molar-refractivity contribution in [2.45, 2.75) is 6.92 Å². The molecule has 0 saturated heterocycles. The van der Waals surface area contributed by atoms with E-state index < -0.39 is 13.1 Å². The number of carbonyl (C=O) groups excluding carboxylic acids is 1. The van der Waals surface area contributed by atoms with Crippen molar-refractivity contribution in [3.63, 3.8) is 0 Å². The first kappa shape index (κ1) is 12.1. The van der Waals surface area contributed by atoms with Crippen LogP contribution in [-0.4, -0.2) is 12.6 Å². The van der Waals surface area contributed by atoms with Crippen LogP contribution in [0.25, 0.3) is 0 Å². The minimum absolute atomic E-state index is 0. The normalized spacial score (nSPS) is 15.4. The third kappa shape index (κ3) is 3.91. The minimum atomic E-state index is -4.13. The van der Waals surface area contributed by atoms with E-state index in [1.807, 2.05) is 0 Å². The Morgan fingerprint density at radius 2 is 2.00 bits per heavy atom. The number of hydrogen-bond acceptors (Lipinski definition) is 4. The van der Waals surface area contributed by atoms with Crippen molar-refractivity contribution in [3.8, 4) is 0 Å². The SMILES string of the molecule is COP(=O)([O-])C(C)=O.[Li+]. The van der Waals surface area contributed by atoms with Crippen LogP contribution < -0.4 is 23.8 Å². The standard InChI is InChI=1S/C3H7O4P.Li/c1-3(4)8(5,6)7-2;/h1-2H3,(H,5,6);/q;+1/p-1. The molecule has 0 aliphatic carbocycles. The molecule has 48 valence electrons. The van der Waals surface area contributed by atoms with Crippen molar-refractivity contribution in [2.24, 2.45) is 0 Å². The summed E-state index contributed by atoms with van der Waals surface area (Å²) in [7, 11) is -3.18. The first-order chi connectivity index (χ1) is 3.50.